The van der Waals surface area contributed by atoms with E-state index in [1.165, 1.54) is 30.3 Å². The van der Waals surface area contributed by atoms with E-state index in [0.29, 0.717) is 5.76 Å². The fraction of sp³-hybridized carbons (Fsp3) is 0.188. The molecule has 0 spiro atoms. The van der Waals surface area contributed by atoms with Crippen LogP contribution in [0.4, 0.5) is 4.39 Å². The zero-order valence-electron chi connectivity index (χ0n) is 12.5. The summed E-state index contributed by atoms with van der Waals surface area (Å²) in [5.74, 6) is -2.70. The molecule has 3 N–H and O–H groups in total. The first-order valence-corrected chi connectivity index (χ1v) is 7.09. The molecule has 126 valence electrons. The molecule has 0 radical (unpaired) electrons. The number of carboxylic acid groups (broad SMARTS) is 1. The van der Waals surface area contributed by atoms with Crippen molar-refractivity contribution in [2.75, 3.05) is 6.54 Å². The van der Waals surface area contributed by atoms with Crippen LogP contribution in [0.15, 0.2) is 40.8 Å². The number of hydrogen-bond donors (Lipinski definition) is 3. The second-order valence-electron chi connectivity index (χ2n) is 4.83. The van der Waals surface area contributed by atoms with Crippen LogP contribution >= 0.6 is 0 Å². The van der Waals surface area contributed by atoms with Gasteiger partial charge in [-0.25, -0.2) is 9.18 Å². The van der Waals surface area contributed by atoms with Crippen LogP contribution in [0, 0.1) is 5.82 Å². The number of halogens is 1. The molecule has 0 fully saturated rings. The molecule has 8 heteroatoms. The van der Waals surface area contributed by atoms with E-state index in [2.05, 4.69) is 10.6 Å². The number of carbonyl (C=O) groups excluding carboxylic acids is 2. The number of rotatable bonds is 7. The fourth-order valence-electron chi connectivity index (χ4n) is 1.89. The average molecular weight is 334 g/mol. The Bertz CT molecular complexity index is 756. The van der Waals surface area contributed by atoms with E-state index in [1.54, 1.807) is 6.07 Å². The normalized spacial score (nSPS) is 10.2. The Morgan fingerprint density at radius 2 is 1.83 bits per heavy atom. The maximum absolute atomic E-state index is 13.4. The van der Waals surface area contributed by atoms with Crippen molar-refractivity contribution in [1.82, 2.24) is 10.6 Å². The van der Waals surface area contributed by atoms with Gasteiger partial charge in [-0.05, 0) is 24.3 Å². The van der Waals surface area contributed by atoms with Crippen molar-refractivity contribution in [3.8, 4) is 0 Å². The monoisotopic (exact) mass is 334 g/mol. The third-order valence-electron chi connectivity index (χ3n) is 3.09. The standard InChI is InChI=1S/C16H15FN2O5/c17-12-4-2-1-3-11(12)15(21)18-8-7-14(20)19-9-10-5-6-13(24-10)16(22)23/h1-6H,7-9H2,(H,18,21)(H,19,20)(H,22,23). The molecule has 0 aliphatic rings. The second kappa shape index (κ2) is 7.91. The molecular formula is C16H15FN2O5. The molecule has 0 bridgehead atoms. The largest absolute Gasteiger partial charge is 0.475 e. The Labute approximate surface area is 136 Å². The molecule has 1 heterocycles. The van der Waals surface area contributed by atoms with Gasteiger partial charge >= 0.3 is 5.97 Å². The van der Waals surface area contributed by atoms with Gasteiger partial charge in [0.2, 0.25) is 11.7 Å². The minimum atomic E-state index is -1.19. The zero-order valence-corrected chi connectivity index (χ0v) is 12.5. The van der Waals surface area contributed by atoms with E-state index < -0.39 is 17.7 Å². The summed E-state index contributed by atoms with van der Waals surface area (Å²) in [5, 5.41) is 13.7. The van der Waals surface area contributed by atoms with Gasteiger partial charge in [-0.15, -0.1) is 0 Å². The Hall–Kier alpha value is -3.16. The number of hydrogen-bond acceptors (Lipinski definition) is 4. The van der Waals surface area contributed by atoms with Crippen LogP contribution in [-0.2, 0) is 11.3 Å². The van der Waals surface area contributed by atoms with Gasteiger partial charge in [-0.1, -0.05) is 12.1 Å². The van der Waals surface area contributed by atoms with Crippen molar-refractivity contribution < 1.29 is 28.3 Å². The van der Waals surface area contributed by atoms with E-state index in [-0.39, 0.29) is 36.7 Å². The van der Waals surface area contributed by atoms with Gasteiger partial charge in [0, 0.05) is 13.0 Å². The molecule has 24 heavy (non-hydrogen) atoms. The lowest BCUT2D eigenvalue weighted by molar-refractivity contribution is -0.121. The molecule has 0 saturated carbocycles. The summed E-state index contributed by atoms with van der Waals surface area (Å²) in [7, 11) is 0. The quantitative estimate of drug-likeness (QED) is 0.712. The molecule has 7 nitrogen and oxygen atoms in total. The number of furan rings is 1. The zero-order chi connectivity index (χ0) is 17.5. The number of amides is 2. The molecule has 0 aliphatic carbocycles. The molecule has 0 atom stereocenters. The Kier molecular flexibility index (Phi) is 5.67. The summed E-state index contributed by atoms with van der Waals surface area (Å²) in [6, 6.07) is 8.28. The van der Waals surface area contributed by atoms with Crippen LogP contribution in [-0.4, -0.2) is 29.4 Å². The van der Waals surface area contributed by atoms with Crippen LogP contribution in [0.25, 0.3) is 0 Å². The molecule has 2 rings (SSSR count). The number of benzene rings is 1. The van der Waals surface area contributed by atoms with Gasteiger partial charge in [0.1, 0.15) is 11.6 Å². The second-order valence-corrected chi connectivity index (χ2v) is 4.83. The SMILES string of the molecule is O=C(CCNC(=O)c1ccccc1F)NCc1ccc(C(=O)O)o1. The summed E-state index contributed by atoms with van der Waals surface area (Å²) in [6.07, 6.45) is -0.00725. The smallest absolute Gasteiger partial charge is 0.371 e. The molecule has 0 saturated heterocycles. The molecule has 2 amide bonds. The van der Waals surface area contributed by atoms with E-state index >= 15 is 0 Å². The Morgan fingerprint density at radius 3 is 2.50 bits per heavy atom. The van der Waals surface area contributed by atoms with Crippen LogP contribution in [0.1, 0.15) is 33.1 Å². The highest BCUT2D eigenvalue weighted by Gasteiger charge is 2.12. The molecule has 1 aromatic heterocycles. The lowest BCUT2D eigenvalue weighted by Crippen LogP contribution is -2.30. The topological polar surface area (TPSA) is 109 Å². The maximum atomic E-state index is 13.4. The van der Waals surface area contributed by atoms with Crippen molar-refractivity contribution in [2.45, 2.75) is 13.0 Å². The van der Waals surface area contributed by atoms with Gasteiger partial charge in [0.05, 0.1) is 12.1 Å². The molecule has 0 aliphatic heterocycles. The highest BCUT2D eigenvalue weighted by molar-refractivity contribution is 5.94. The first-order chi connectivity index (χ1) is 11.5. The van der Waals surface area contributed by atoms with Crippen molar-refractivity contribution in [1.29, 1.82) is 0 Å². The highest BCUT2D eigenvalue weighted by Crippen LogP contribution is 2.07. The number of carboxylic acids is 1. The van der Waals surface area contributed by atoms with Crippen LogP contribution in [0.2, 0.25) is 0 Å². The minimum absolute atomic E-state index is 0.00725. The lowest BCUT2D eigenvalue weighted by Gasteiger charge is -2.06. The van der Waals surface area contributed by atoms with Crippen LogP contribution in [0.5, 0.6) is 0 Å². The molecular weight excluding hydrogens is 319 g/mol. The predicted octanol–water partition coefficient (Wildman–Crippen LogP) is 1.55. The summed E-state index contributed by atoms with van der Waals surface area (Å²) in [6.45, 7) is 0.0743. The summed E-state index contributed by atoms with van der Waals surface area (Å²) < 4.78 is 18.4. The van der Waals surface area contributed by atoms with E-state index in [0.717, 1.165) is 0 Å². The molecule has 1 aromatic carbocycles. The molecule has 0 unspecified atom stereocenters. The maximum Gasteiger partial charge on any atom is 0.371 e. The Balaban J connectivity index is 1.72. The minimum Gasteiger partial charge on any atom is -0.475 e. The van der Waals surface area contributed by atoms with Gasteiger partial charge in [0.25, 0.3) is 5.91 Å². The van der Waals surface area contributed by atoms with Crippen molar-refractivity contribution in [3.63, 3.8) is 0 Å². The predicted molar refractivity (Wildman–Crippen MR) is 80.9 cm³/mol. The fourth-order valence-corrected chi connectivity index (χ4v) is 1.89. The average Bonchev–Trinajstić information content (AvgIpc) is 3.02. The van der Waals surface area contributed by atoms with Crippen LogP contribution < -0.4 is 10.6 Å². The summed E-state index contributed by atoms with van der Waals surface area (Å²) in [4.78, 5) is 34.0. The van der Waals surface area contributed by atoms with E-state index in [4.69, 9.17) is 9.52 Å². The van der Waals surface area contributed by atoms with Crippen molar-refractivity contribution in [2.24, 2.45) is 0 Å². The third-order valence-corrected chi connectivity index (χ3v) is 3.09. The van der Waals surface area contributed by atoms with Crippen molar-refractivity contribution in [3.05, 3.63) is 59.3 Å². The van der Waals surface area contributed by atoms with Gasteiger partial charge in [-0.3, -0.25) is 9.59 Å². The van der Waals surface area contributed by atoms with E-state index in [9.17, 15) is 18.8 Å². The number of carbonyl (C=O) groups is 3. The van der Waals surface area contributed by atoms with E-state index in [1.807, 2.05) is 0 Å². The third kappa shape index (κ3) is 4.67. The highest BCUT2D eigenvalue weighted by atomic mass is 19.1. The summed E-state index contributed by atoms with van der Waals surface area (Å²) >= 11 is 0. The first-order valence-electron chi connectivity index (χ1n) is 7.09. The molecule has 2 aromatic rings. The summed E-state index contributed by atoms with van der Waals surface area (Å²) in [5.41, 5.74) is -0.0882. The number of aromatic carboxylic acids is 1. The van der Waals surface area contributed by atoms with Gasteiger partial charge < -0.3 is 20.2 Å². The van der Waals surface area contributed by atoms with Gasteiger partial charge in [0.15, 0.2) is 0 Å². The van der Waals surface area contributed by atoms with Crippen molar-refractivity contribution >= 4 is 17.8 Å². The lowest BCUT2D eigenvalue weighted by atomic mass is 10.2. The first kappa shape index (κ1) is 17.2. The Morgan fingerprint density at radius 1 is 1.08 bits per heavy atom. The number of nitrogens with one attached hydrogen (secondary N) is 2. The van der Waals surface area contributed by atoms with Gasteiger partial charge in [-0.2, -0.15) is 0 Å². The van der Waals surface area contributed by atoms with Crippen LogP contribution in [0.3, 0.4) is 0 Å².